The summed E-state index contributed by atoms with van der Waals surface area (Å²) in [5.74, 6) is -1.45. The van der Waals surface area contributed by atoms with Gasteiger partial charge in [-0.15, -0.1) is 0 Å². The van der Waals surface area contributed by atoms with Crippen LogP contribution in [-0.2, 0) is 24.3 Å². The molecule has 2 amide bonds. The Labute approximate surface area is 158 Å². The van der Waals surface area contributed by atoms with Crippen LogP contribution in [0.1, 0.15) is 48.9 Å². The number of rotatable bonds is 8. The molecule has 27 heavy (non-hydrogen) atoms. The van der Waals surface area contributed by atoms with Crippen molar-refractivity contribution in [2.24, 2.45) is 5.92 Å². The van der Waals surface area contributed by atoms with E-state index in [2.05, 4.69) is 10.1 Å². The summed E-state index contributed by atoms with van der Waals surface area (Å²) < 4.78 is 31.2. The molecule has 2 N–H and O–H groups in total. The Morgan fingerprint density at radius 2 is 1.78 bits per heavy atom. The van der Waals surface area contributed by atoms with Crippen molar-refractivity contribution in [1.29, 1.82) is 0 Å². The van der Waals surface area contributed by atoms with Crippen molar-refractivity contribution in [2.75, 3.05) is 13.7 Å². The van der Waals surface area contributed by atoms with Crippen LogP contribution in [0.25, 0.3) is 0 Å². The monoisotopic (exact) mass is 396 g/mol. The molecule has 1 aliphatic rings. The first-order chi connectivity index (χ1) is 12.8. The highest BCUT2D eigenvalue weighted by molar-refractivity contribution is 7.90. The summed E-state index contributed by atoms with van der Waals surface area (Å²) in [5.41, 5.74) is -0.180. The smallest absolute Gasteiger partial charge is 0.339 e. The van der Waals surface area contributed by atoms with Crippen molar-refractivity contribution in [3.8, 4) is 0 Å². The highest BCUT2D eigenvalue weighted by Gasteiger charge is 2.24. The van der Waals surface area contributed by atoms with Gasteiger partial charge in [0.05, 0.1) is 19.2 Å². The first kappa shape index (κ1) is 20.9. The van der Waals surface area contributed by atoms with Gasteiger partial charge in [0.25, 0.3) is 15.9 Å². The summed E-state index contributed by atoms with van der Waals surface area (Å²) in [6, 6.07) is 5.39. The number of hydrogen-bond donors (Lipinski definition) is 2. The quantitative estimate of drug-likeness (QED) is 0.641. The first-order valence-corrected chi connectivity index (χ1v) is 10.3. The van der Waals surface area contributed by atoms with Crippen LogP contribution in [0.2, 0.25) is 0 Å². The van der Waals surface area contributed by atoms with Gasteiger partial charge in [0.15, 0.2) is 0 Å². The van der Waals surface area contributed by atoms with E-state index in [9.17, 15) is 22.8 Å². The van der Waals surface area contributed by atoms with Gasteiger partial charge in [0, 0.05) is 6.42 Å². The van der Waals surface area contributed by atoms with Crippen LogP contribution < -0.4 is 10.0 Å². The van der Waals surface area contributed by atoms with Gasteiger partial charge in [-0.25, -0.2) is 17.9 Å². The average molecular weight is 396 g/mol. The fourth-order valence-electron chi connectivity index (χ4n) is 3.12. The number of hydrogen-bond acceptors (Lipinski definition) is 6. The minimum atomic E-state index is -4.27. The lowest BCUT2D eigenvalue weighted by Crippen LogP contribution is -2.40. The average Bonchev–Trinajstić information content (AvgIpc) is 3.17. The van der Waals surface area contributed by atoms with Gasteiger partial charge in [-0.2, -0.15) is 0 Å². The topological polar surface area (TPSA) is 119 Å². The number of methoxy groups -OCH3 is 1. The number of amides is 2. The van der Waals surface area contributed by atoms with Crippen LogP contribution >= 0.6 is 0 Å². The standard InChI is InChI=1S/C18H24N2O6S/c1-26-18(23)14-8-4-5-9-15(14)27(24,25)20-17(22)12-19-16(21)11-10-13-6-2-3-7-13/h4-5,8-9,13H,2-3,6-7,10-12H2,1H3,(H,19,21)(H,20,22). The zero-order valence-electron chi connectivity index (χ0n) is 15.2. The molecule has 0 bridgehead atoms. The predicted octanol–water partition coefficient (Wildman–Crippen LogP) is 1.36. The molecule has 1 aliphatic carbocycles. The lowest BCUT2D eigenvalue weighted by atomic mass is 10.0. The van der Waals surface area contributed by atoms with Crippen LogP contribution in [0.15, 0.2) is 29.2 Å². The van der Waals surface area contributed by atoms with E-state index in [1.807, 2.05) is 4.72 Å². The lowest BCUT2D eigenvalue weighted by Gasteiger charge is -2.11. The van der Waals surface area contributed by atoms with Crippen LogP contribution in [0, 0.1) is 5.92 Å². The predicted molar refractivity (Wildman–Crippen MR) is 97.3 cm³/mol. The molecular formula is C18H24N2O6S. The van der Waals surface area contributed by atoms with Crippen molar-refractivity contribution in [3.63, 3.8) is 0 Å². The summed E-state index contributed by atoms with van der Waals surface area (Å²) in [6.45, 7) is -0.455. The Morgan fingerprint density at radius 3 is 2.44 bits per heavy atom. The number of benzene rings is 1. The molecule has 0 aromatic heterocycles. The molecule has 1 aromatic rings. The fourth-order valence-corrected chi connectivity index (χ4v) is 4.30. The van der Waals surface area contributed by atoms with Gasteiger partial charge in [0.2, 0.25) is 5.91 Å². The number of nitrogens with one attached hydrogen (secondary N) is 2. The zero-order valence-corrected chi connectivity index (χ0v) is 16.0. The van der Waals surface area contributed by atoms with Crippen LogP contribution in [0.5, 0.6) is 0 Å². The lowest BCUT2D eigenvalue weighted by molar-refractivity contribution is -0.125. The number of carbonyl (C=O) groups excluding carboxylic acids is 3. The third-order valence-corrected chi connectivity index (χ3v) is 5.96. The van der Waals surface area contributed by atoms with E-state index in [-0.39, 0.29) is 16.4 Å². The summed E-state index contributed by atoms with van der Waals surface area (Å²) in [7, 11) is -3.14. The molecule has 0 unspecified atom stereocenters. The molecule has 1 aromatic carbocycles. The summed E-state index contributed by atoms with van der Waals surface area (Å²) in [5, 5.41) is 2.42. The van der Waals surface area contributed by atoms with Crippen LogP contribution in [0.3, 0.4) is 0 Å². The molecule has 0 aliphatic heterocycles. The van der Waals surface area contributed by atoms with E-state index in [1.165, 1.54) is 37.1 Å². The van der Waals surface area contributed by atoms with Gasteiger partial charge in [-0.05, 0) is 24.5 Å². The van der Waals surface area contributed by atoms with Gasteiger partial charge < -0.3 is 10.1 Å². The van der Waals surface area contributed by atoms with Gasteiger partial charge in [0.1, 0.15) is 4.90 Å². The Balaban J connectivity index is 1.89. The second-order valence-electron chi connectivity index (χ2n) is 6.48. The molecule has 9 heteroatoms. The van der Waals surface area contributed by atoms with E-state index < -0.39 is 28.4 Å². The molecule has 0 heterocycles. The molecule has 0 atom stereocenters. The SMILES string of the molecule is COC(=O)c1ccccc1S(=O)(=O)NC(=O)CNC(=O)CCC1CCCC1. The van der Waals surface area contributed by atoms with E-state index in [1.54, 1.807) is 0 Å². The molecule has 1 saturated carbocycles. The molecule has 148 valence electrons. The number of carbonyl (C=O) groups is 3. The fraction of sp³-hybridized carbons (Fsp3) is 0.500. The van der Waals surface area contributed by atoms with Crippen molar-refractivity contribution >= 4 is 27.8 Å². The third-order valence-electron chi connectivity index (χ3n) is 4.53. The Kier molecular flexibility index (Phi) is 7.35. The van der Waals surface area contributed by atoms with Gasteiger partial charge in [-0.1, -0.05) is 37.8 Å². The van der Waals surface area contributed by atoms with Crippen LogP contribution in [0.4, 0.5) is 0 Å². The van der Waals surface area contributed by atoms with Crippen molar-refractivity contribution in [3.05, 3.63) is 29.8 Å². The second-order valence-corrected chi connectivity index (χ2v) is 8.13. The minimum Gasteiger partial charge on any atom is -0.465 e. The second kappa shape index (κ2) is 9.50. The maximum absolute atomic E-state index is 12.4. The molecule has 2 rings (SSSR count). The maximum atomic E-state index is 12.4. The molecule has 0 radical (unpaired) electrons. The Bertz CT molecular complexity index is 800. The molecule has 0 spiro atoms. The molecule has 0 saturated heterocycles. The largest absolute Gasteiger partial charge is 0.465 e. The van der Waals surface area contributed by atoms with E-state index >= 15 is 0 Å². The van der Waals surface area contributed by atoms with E-state index in [4.69, 9.17) is 0 Å². The van der Waals surface area contributed by atoms with Crippen LogP contribution in [-0.4, -0.2) is 39.9 Å². The van der Waals surface area contributed by atoms with Crippen molar-refractivity contribution in [2.45, 2.75) is 43.4 Å². The number of sulfonamides is 1. The molecule has 8 nitrogen and oxygen atoms in total. The zero-order chi connectivity index (χ0) is 19.9. The number of ether oxygens (including phenoxy) is 1. The first-order valence-electron chi connectivity index (χ1n) is 8.83. The third kappa shape index (κ3) is 6.06. The van der Waals surface area contributed by atoms with Crippen molar-refractivity contribution in [1.82, 2.24) is 10.0 Å². The normalized spacial score (nSPS) is 14.6. The summed E-state index contributed by atoms with van der Waals surface area (Å²) in [6.07, 6.45) is 5.74. The Hall–Kier alpha value is -2.42. The molecular weight excluding hydrogens is 372 g/mol. The molecule has 1 fully saturated rings. The summed E-state index contributed by atoms with van der Waals surface area (Å²) in [4.78, 5) is 35.1. The number of esters is 1. The van der Waals surface area contributed by atoms with Gasteiger partial charge >= 0.3 is 5.97 Å². The summed E-state index contributed by atoms with van der Waals surface area (Å²) >= 11 is 0. The van der Waals surface area contributed by atoms with Gasteiger partial charge in [-0.3, -0.25) is 9.59 Å². The maximum Gasteiger partial charge on any atom is 0.339 e. The Morgan fingerprint density at radius 1 is 1.11 bits per heavy atom. The van der Waals surface area contributed by atoms with Crippen molar-refractivity contribution < 1.29 is 27.5 Å². The highest BCUT2D eigenvalue weighted by atomic mass is 32.2. The highest BCUT2D eigenvalue weighted by Crippen LogP contribution is 2.28. The van der Waals surface area contributed by atoms with E-state index in [0.29, 0.717) is 12.3 Å². The minimum absolute atomic E-state index is 0.180. The van der Waals surface area contributed by atoms with E-state index in [0.717, 1.165) is 26.4 Å².